The third-order valence-electron chi connectivity index (χ3n) is 2.70. The summed E-state index contributed by atoms with van der Waals surface area (Å²) in [5.74, 6) is 1.63. The minimum absolute atomic E-state index is 0.776. The van der Waals surface area contributed by atoms with Gasteiger partial charge in [0.1, 0.15) is 5.82 Å². The van der Waals surface area contributed by atoms with Gasteiger partial charge in [-0.05, 0) is 23.8 Å². The summed E-state index contributed by atoms with van der Waals surface area (Å²) >= 11 is 4.20. The van der Waals surface area contributed by atoms with Crippen molar-refractivity contribution in [2.24, 2.45) is 0 Å². The summed E-state index contributed by atoms with van der Waals surface area (Å²) < 4.78 is 0. The van der Waals surface area contributed by atoms with Crippen LogP contribution in [0.3, 0.4) is 0 Å². The van der Waals surface area contributed by atoms with E-state index in [9.17, 15) is 0 Å². The van der Waals surface area contributed by atoms with Crippen LogP contribution >= 0.6 is 12.6 Å². The summed E-state index contributed by atoms with van der Waals surface area (Å²) in [6.45, 7) is 2.16. The number of thiol groups is 1. The molecule has 0 N–H and O–H groups in total. The lowest BCUT2D eigenvalue weighted by atomic mass is 10.1. The quantitative estimate of drug-likeness (QED) is 0.836. The predicted octanol–water partition coefficient (Wildman–Crippen LogP) is 3.18. The lowest BCUT2D eigenvalue weighted by molar-refractivity contribution is 0.953. The Labute approximate surface area is 108 Å². The van der Waals surface area contributed by atoms with Gasteiger partial charge in [0.2, 0.25) is 0 Å². The van der Waals surface area contributed by atoms with Gasteiger partial charge in [-0.3, -0.25) is 0 Å². The van der Waals surface area contributed by atoms with E-state index in [-0.39, 0.29) is 0 Å². The topological polar surface area (TPSA) is 25.8 Å². The molecule has 0 bridgehead atoms. The maximum atomic E-state index is 4.53. The number of aryl methyl sites for hydroxylation is 2. The van der Waals surface area contributed by atoms with E-state index in [0.29, 0.717) is 0 Å². The molecule has 0 aliphatic heterocycles. The smallest absolute Gasteiger partial charge is 0.129 e. The van der Waals surface area contributed by atoms with Gasteiger partial charge in [0.15, 0.2) is 0 Å². The molecule has 2 rings (SSSR count). The van der Waals surface area contributed by atoms with Crippen molar-refractivity contribution in [1.29, 1.82) is 0 Å². The van der Waals surface area contributed by atoms with Crippen molar-refractivity contribution < 1.29 is 0 Å². The first-order chi connectivity index (χ1) is 8.33. The van der Waals surface area contributed by atoms with Crippen LogP contribution in [-0.2, 0) is 12.8 Å². The molecule has 0 aliphatic carbocycles. The highest BCUT2D eigenvalue weighted by Crippen LogP contribution is 2.17. The van der Waals surface area contributed by atoms with Crippen molar-refractivity contribution in [2.45, 2.75) is 19.8 Å². The molecule has 2 nitrogen and oxygen atoms in total. The number of hydrogen-bond donors (Lipinski definition) is 1. The monoisotopic (exact) mass is 244 g/mol. The number of benzene rings is 1. The van der Waals surface area contributed by atoms with E-state index >= 15 is 0 Å². The Morgan fingerprint density at radius 1 is 1.12 bits per heavy atom. The van der Waals surface area contributed by atoms with Gasteiger partial charge in [0.25, 0.3) is 0 Å². The largest absolute Gasteiger partial charge is 0.241 e. The first-order valence-corrected chi connectivity index (χ1v) is 6.49. The van der Waals surface area contributed by atoms with Crippen LogP contribution in [0.5, 0.6) is 0 Å². The summed E-state index contributed by atoms with van der Waals surface area (Å²) in [6, 6.07) is 10.5. The molecule has 2 aromatic rings. The summed E-state index contributed by atoms with van der Waals surface area (Å²) in [4.78, 5) is 8.76. The second kappa shape index (κ2) is 5.82. The molecule has 0 unspecified atom stereocenters. The average molecular weight is 244 g/mol. The molecule has 1 heterocycles. The van der Waals surface area contributed by atoms with E-state index in [1.807, 2.05) is 12.3 Å². The number of aromatic nitrogens is 2. The second-order valence-corrected chi connectivity index (χ2v) is 4.33. The fourth-order valence-corrected chi connectivity index (χ4v) is 1.89. The van der Waals surface area contributed by atoms with E-state index in [4.69, 9.17) is 0 Å². The Morgan fingerprint density at radius 2 is 1.88 bits per heavy atom. The highest BCUT2D eigenvalue weighted by atomic mass is 32.1. The Balaban J connectivity index is 2.28. The van der Waals surface area contributed by atoms with Crippen LogP contribution in [-0.4, -0.2) is 15.7 Å². The van der Waals surface area contributed by atoms with Gasteiger partial charge in [-0.15, -0.1) is 0 Å². The van der Waals surface area contributed by atoms with E-state index in [0.717, 1.165) is 35.7 Å². The minimum atomic E-state index is 0.776. The minimum Gasteiger partial charge on any atom is -0.241 e. The van der Waals surface area contributed by atoms with Gasteiger partial charge in [0, 0.05) is 18.2 Å². The van der Waals surface area contributed by atoms with Crippen LogP contribution in [0.4, 0.5) is 0 Å². The summed E-state index contributed by atoms with van der Waals surface area (Å²) in [7, 11) is 0. The number of rotatable bonds is 4. The molecule has 0 amide bonds. The van der Waals surface area contributed by atoms with Crippen molar-refractivity contribution in [3.8, 4) is 11.3 Å². The summed E-state index contributed by atoms with van der Waals surface area (Å²) in [5.41, 5.74) is 3.47. The van der Waals surface area contributed by atoms with Gasteiger partial charge < -0.3 is 0 Å². The fourth-order valence-electron chi connectivity index (χ4n) is 1.69. The molecule has 0 saturated heterocycles. The van der Waals surface area contributed by atoms with E-state index < -0.39 is 0 Å². The zero-order chi connectivity index (χ0) is 12.1. The maximum Gasteiger partial charge on any atom is 0.129 e. The maximum absolute atomic E-state index is 4.53. The third kappa shape index (κ3) is 3.07. The first-order valence-electron chi connectivity index (χ1n) is 5.85. The molecule has 88 valence electrons. The Hall–Kier alpha value is -1.35. The lowest BCUT2D eigenvalue weighted by Crippen LogP contribution is -1.97. The molecule has 0 radical (unpaired) electrons. The number of hydrogen-bond acceptors (Lipinski definition) is 3. The van der Waals surface area contributed by atoms with Crippen molar-refractivity contribution in [3.63, 3.8) is 0 Å². The van der Waals surface area contributed by atoms with Crippen LogP contribution < -0.4 is 0 Å². The number of nitrogens with zero attached hydrogens (tertiary/aromatic N) is 2. The van der Waals surface area contributed by atoms with E-state index in [2.05, 4.69) is 53.8 Å². The van der Waals surface area contributed by atoms with Gasteiger partial charge in [-0.1, -0.05) is 31.2 Å². The van der Waals surface area contributed by atoms with Crippen molar-refractivity contribution in [1.82, 2.24) is 9.97 Å². The van der Waals surface area contributed by atoms with Crippen LogP contribution in [0.1, 0.15) is 18.3 Å². The average Bonchev–Trinajstić information content (AvgIpc) is 2.40. The molecule has 0 fully saturated rings. The Kier molecular flexibility index (Phi) is 4.15. The van der Waals surface area contributed by atoms with Crippen LogP contribution in [0.15, 0.2) is 36.5 Å². The Morgan fingerprint density at radius 3 is 2.53 bits per heavy atom. The molecule has 0 atom stereocenters. The van der Waals surface area contributed by atoms with Crippen LogP contribution in [0.25, 0.3) is 11.3 Å². The molecule has 3 heteroatoms. The molecule has 1 aromatic heterocycles. The fraction of sp³-hybridized carbons (Fsp3) is 0.286. The zero-order valence-corrected chi connectivity index (χ0v) is 10.8. The standard InChI is InChI=1S/C14H16N2S/c1-2-11-3-5-12(6-4-11)13-7-9-15-14(16-13)8-10-17/h3-7,9,17H,2,8,10H2,1H3. The lowest BCUT2D eigenvalue weighted by Gasteiger charge is -2.04. The van der Waals surface area contributed by atoms with Gasteiger partial charge in [0.05, 0.1) is 5.69 Å². The van der Waals surface area contributed by atoms with Gasteiger partial charge in [-0.25, -0.2) is 9.97 Å². The molecular weight excluding hydrogens is 228 g/mol. The zero-order valence-electron chi connectivity index (χ0n) is 9.93. The highest BCUT2D eigenvalue weighted by Gasteiger charge is 2.01. The normalized spacial score (nSPS) is 10.5. The third-order valence-corrected chi connectivity index (χ3v) is 2.92. The molecule has 0 spiro atoms. The van der Waals surface area contributed by atoms with Crippen molar-refractivity contribution >= 4 is 12.6 Å². The van der Waals surface area contributed by atoms with Gasteiger partial charge in [-0.2, -0.15) is 12.6 Å². The highest BCUT2D eigenvalue weighted by molar-refractivity contribution is 7.80. The first kappa shape index (κ1) is 12.1. The molecule has 0 saturated carbocycles. The SMILES string of the molecule is CCc1ccc(-c2ccnc(CCS)n2)cc1. The van der Waals surface area contributed by atoms with E-state index in [1.54, 1.807) is 0 Å². The molecule has 17 heavy (non-hydrogen) atoms. The summed E-state index contributed by atoms with van der Waals surface area (Å²) in [6.07, 6.45) is 3.69. The molecular formula is C14H16N2S. The van der Waals surface area contributed by atoms with Crippen molar-refractivity contribution in [2.75, 3.05) is 5.75 Å². The second-order valence-electron chi connectivity index (χ2n) is 3.88. The predicted molar refractivity (Wildman–Crippen MR) is 74.4 cm³/mol. The van der Waals surface area contributed by atoms with E-state index in [1.165, 1.54) is 5.56 Å². The van der Waals surface area contributed by atoms with Gasteiger partial charge >= 0.3 is 0 Å². The molecule has 0 aliphatic rings. The van der Waals surface area contributed by atoms with Crippen LogP contribution in [0.2, 0.25) is 0 Å². The van der Waals surface area contributed by atoms with Crippen LogP contribution in [0, 0.1) is 0 Å². The Bertz CT molecular complexity index is 480. The summed E-state index contributed by atoms with van der Waals surface area (Å²) in [5, 5.41) is 0. The van der Waals surface area contributed by atoms with Crippen molar-refractivity contribution in [3.05, 3.63) is 47.9 Å². The molecule has 1 aromatic carbocycles.